The van der Waals surface area contributed by atoms with Gasteiger partial charge >= 0.3 is 0 Å². The fourth-order valence-corrected chi connectivity index (χ4v) is 3.65. The van der Waals surface area contributed by atoms with Crippen molar-refractivity contribution >= 4 is 31.9 Å². The average Bonchev–Trinajstić information content (AvgIpc) is 2.26. The van der Waals surface area contributed by atoms with Gasteiger partial charge in [0.1, 0.15) is 17.5 Å². The van der Waals surface area contributed by atoms with Crippen molar-refractivity contribution in [3.8, 4) is 0 Å². The van der Waals surface area contributed by atoms with Gasteiger partial charge in [-0.15, -0.1) is 0 Å². The molecule has 0 heterocycles. The van der Waals surface area contributed by atoms with Crippen molar-refractivity contribution in [3.63, 3.8) is 0 Å². The summed E-state index contributed by atoms with van der Waals surface area (Å²) in [6.07, 6.45) is 0. The van der Waals surface area contributed by atoms with Crippen LogP contribution in [0.1, 0.15) is 21.5 Å². The van der Waals surface area contributed by atoms with E-state index in [0.717, 1.165) is 10.0 Å². The molecule has 0 saturated carbocycles. The molecule has 5 heteroatoms. The summed E-state index contributed by atoms with van der Waals surface area (Å²) in [5, 5.41) is 0. The quantitative estimate of drug-likeness (QED) is 0.577. The highest BCUT2D eigenvalue weighted by molar-refractivity contribution is 9.11. The lowest BCUT2D eigenvalue weighted by Gasteiger charge is -2.15. The van der Waals surface area contributed by atoms with Crippen LogP contribution in [0.25, 0.3) is 0 Å². The fraction of sp³-hybridized carbons (Fsp3) is 0.143. The SMILES string of the molecule is Cc1ccc(C(Br)c2c(F)cc(F)cc2F)c(Br)c1. The van der Waals surface area contributed by atoms with Crippen LogP contribution in [0, 0.1) is 24.4 Å². The molecule has 0 aliphatic rings. The second-order valence-electron chi connectivity index (χ2n) is 4.17. The van der Waals surface area contributed by atoms with Gasteiger partial charge in [0.15, 0.2) is 0 Å². The minimum absolute atomic E-state index is 0.203. The number of aryl methyl sites for hydroxylation is 1. The molecule has 1 atom stereocenters. The maximum Gasteiger partial charge on any atom is 0.133 e. The monoisotopic (exact) mass is 392 g/mol. The van der Waals surface area contributed by atoms with E-state index in [4.69, 9.17) is 0 Å². The summed E-state index contributed by atoms with van der Waals surface area (Å²) < 4.78 is 41.1. The van der Waals surface area contributed by atoms with Gasteiger partial charge in [0, 0.05) is 22.2 Å². The van der Waals surface area contributed by atoms with Crippen LogP contribution in [-0.2, 0) is 0 Å². The van der Waals surface area contributed by atoms with Crippen molar-refractivity contribution in [2.75, 3.05) is 0 Å². The molecule has 0 saturated heterocycles. The van der Waals surface area contributed by atoms with E-state index < -0.39 is 22.3 Å². The average molecular weight is 394 g/mol. The lowest BCUT2D eigenvalue weighted by atomic mass is 10.0. The summed E-state index contributed by atoms with van der Waals surface area (Å²) in [5.74, 6) is -2.75. The van der Waals surface area contributed by atoms with Gasteiger partial charge in [0.2, 0.25) is 0 Å². The van der Waals surface area contributed by atoms with Crippen LogP contribution in [0.15, 0.2) is 34.8 Å². The summed E-state index contributed by atoms with van der Waals surface area (Å²) >= 11 is 6.62. The van der Waals surface area contributed by atoms with Gasteiger partial charge in [-0.1, -0.05) is 44.0 Å². The Kier molecular flexibility index (Phi) is 4.36. The fourth-order valence-electron chi connectivity index (χ4n) is 1.79. The van der Waals surface area contributed by atoms with E-state index >= 15 is 0 Å². The van der Waals surface area contributed by atoms with Crippen molar-refractivity contribution in [2.45, 2.75) is 11.8 Å². The third-order valence-corrected chi connectivity index (χ3v) is 4.36. The maximum absolute atomic E-state index is 13.7. The van der Waals surface area contributed by atoms with Crippen LogP contribution in [0.4, 0.5) is 13.2 Å². The van der Waals surface area contributed by atoms with Crippen LogP contribution in [-0.4, -0.2) is 0 Å². The highest BCUT2D eigenvalue weighted by Crippen LogP contribution is 2.38. The van der Waals surface area contributed by atoms with E-state index in [1.165, 1.54) is 0 Å². The second kappa shape index (κ2) is 5.67. The summed E-state index contributed by atoms with van der Waals surface area (Å²) in [4.78, 5) is -0.692. The summed E-state index contributed by atoms with van der Waals surface area (Å²) in [7, 11) is 0. The van der Waals surface area contributed by atoms with E-state index in [1.54, 1.807) is 6.07 Å². The smallest absolute Gasteiger partial charge is 0.133 e. The van der Waals surface area contributed by atoms with Crippen molar-refractivity contribution in [1.82, 2.24) is 0 Å². The molecule has 0 N–H and O–H groups in total. The first-order valence-corrected chi connectivity index (χ1v) is 7.15. The Morgan fingerprint density at radius 1 is 1.00 bits per heavy atom. The lowest BCUT2D eigenvalue weighted by Crippen LogP contribution is -2.02. The summed E-state index contributed by atoms with van der Waals surface area (Å²) in [6.45, 7) is 1.91. The van der Waals surface area contributed by atoms with Crippen molar-refractivity contribution in [1.29, 1.82) is 0 Å². The zero-order valence-corrected chi connectivity index (χ0v) is 13.0. The minimum atomic E-state index is -0.929. The molecule has 0 aromatic heterocycles. The summed E-state index contributed by atoms with van der Waals surface area (Å²) in [5.41, 5.74) is 1.50. The largest absolute Gasteiger partial charge is 0.207 e. The van der Waals surface area contributed by atoms with Crippen LogP contribution in [0.2, 0.25) is 0 Å². The number of hydrogen-bond donors (Lipinski definition) is 0. The molecule has 2 aromatic rings. The first-order chi connectivity index (χ1) is 8.90. The molecule has 2 aromatic carbocycles. The molecule has 1 unspecified atom stereocenters. The minimum Gasteiger partial charge on any atom is -0.207 e. The Balaban J connectivity index is 2.53. The van der Waals surface area contributed by atoms with Crippen LogP contribution >= 0.6 is 31.9 Å². The molecular weight excluding hydrogens is 385 g/mol. The Morgan fingerprint density at radius 3 is 2.11 bits per heavy atom. The standard InChI is InChI=1S/C14H9Br2F3/c1-7-2-3-9(10(15)4-7)14(16)13-11(18)5-8(17)6-12(13)19/h2-6,14H,1H3. The molecule has 2 rings (SSSR count). The number of alkyl halides is 1. The van der Waals surface area contributed by atoms with Gasteiger partial charge in [0.05, 0.1) is 4.83 Å². The molecule has 0 aliphatic carbocycles. The molecule has 0 spiro atoms. The number of rotatable bonds is 2. The number of benzene rings is 2. The van der Waals surface area contributed by atoms with E-state index in [2.05, 4.69) is 31.9 Å². The van der Waals surface area contributed by atoms with Gasteiger partial charge in [-0.3, -0.25) is 0 Å². The van der Waals surface area contributed by atoms with Gasteiger partial charge in [-0.25, -0.2) is 13.2 Å². The second-order valence-corrected chi connectivity index (χ2v) is 5.94. The third-order valence-electron chi connectivity index (χ3n) is 2.73. The Morgan fingerprint density at radius 2 is 1.58 bits per heavy atom. The van der Waals surface area contributed by atoms with E-state index in [0.29, 0.717) is 17.7 Å². The number of halogens is 5. The van der Waals surface area contributed by atoms with Crippen LogP contribution in [0.5, 0.6) is 0 Å². The molecule has 0 bridgehead atoms. The van der Waals surface area contributed by atoms with E-state index in [1.807, 2.05) is 19.1 Å². The van der Waals surface area contributed by atoms with Gasteiger partial charge in [-0.05, 0) is 24.1 Å². The van der Waals surface area contributed by atoms with Gasteiger partial charge in [0.25, 0.3) is 0 Å². The van der Waals surface area contributed by atoms with Crippen molar-refractivity contribution in [3.05, 3.63) is 68.9 Å². The Bertz CT molecular complexity index is 603. The molecular formula is C14H9Br2F3. The highest BCUT2D eigenvalue weighted by Gasteiger charge is 2.22. The van der Waals surface area contributed by atoms with E-state index in [9.17, 15) is 13.2 Å². The molecule has 0 nitrogen and oxygen atoms in total. The predicted octanol–water partition coefficient (Wildman–Crippen LogP) is 5.66. The molecule has 100 valence electrons. The zero-order valence-electron chi connectivity index (χ0n) is 9.85. The number of hydrogen-bond acceptors (Lipinski definition) is 0. The molecule has 19 heavy (non-hydrogen) atoms. The Labute approximate surface area is 125 Å². The van der Waals surface area contributed by atoms with Crippen molar-refractivity contribution < 1.29 is 13.2 Å². The summed E-state index contributed by atoms with van der Waals surface area (Å²) in [6, 6.07) is 6.81. The topological polar surface area (TPSA) is 0 Å². The molecule has 0 aliphatic heterocycles. The van der Waals surface area contributed by atoms with Crippen LogP contribution in [0.3, 0.4) is 0 Å². The first kappa shape index (κ1) is 14.6. The Hall–Kier alpha value is -0.810. The zero-order chi connectivity index (χ0) is 14.2. The van der Waals surface area contributed by atoms with Gasteiger partial charge in [-0.2, -0.15) is 0 Å². The highest BCUT2D eigenvalue weighted by atomic mass is 79.9. The predicted molar refractivity (Wildman–Crippen MR) is 76.0 cm³/mol. The molecule has 0 radical (unpaired) electrons. The lowest BCUT2D eigenvalue weighted by molar-refractivity contribution is 0.527. The first-order valence-electron chi connectivity index (χ1n) is 5.44. The normalized spacial score (nSPS) is 12.5. The molecule has 0 fully saturated rings. The third kappa shape index (κ3) is 3.03. The van der Waals surface area contributed by atoms with E-state index in [-0.39, 0.29) is 5.56 Å². The molecule has 0 amide bonds. The van der Waals surface area contributed by atoms with Crippen LogP contribution < -0.4 is 0 Å². The van der Waals surface area contributed by atoms with Gasteiger partial charge < -0.3 is 0 Å². The maximum atomic E-state index is 13.7. The van der Waals surface area contributed by atoms with Crippen molar-refractivity contribution in [2.24, 2.45) is 0 Å².